The van der Waals surface area contributed by atoms with E-state index in [0.717, 1.165) is 42.0 Å². The number of hydrogen-bond acceptors (Lipinski definition) is 3. The zero-order chi connectivity index (χ0) is 18.1. The molecule has 4 heteroatoms. The van der Waals surface area contributed by atoms with Gasteiger partial charge in [-0.1, -0.05) is 32.0 Å². The minimum absolute atomic E-state index is 0.100. The molecule has 0 bridgehead atoms. The van der Waals surface area contributed by atoms with E-state index in [9.17, 15) is 4.79 Å². The van der Waals surface area contributed by atoms with Crippen LogP contribution in [0, 0.1) is 0 Å². The first-order valence-electron chi connectivity index (χ1n) is 9.44. The maximum atomic E-state index is 13.1. The number of ether oxygens (including phenoxy) is 2. The van der Waals surface area contributed by atoms with Crippen LogP contribution in [0.1, 0.15) is 60.1 Å². The molecule has 0 radical (unpaired) electrons. The quantitative estimate of drug-likeness (QED) is 0.814. The van der Waals surface area contributed by atoms with Gasteiger partial charge in [-0.15, -0.1) is 0 Å². The SMILES string of the molecule is CC(C)c1ccc(C(=O)N2CCCC2c2ccc3c(c2)OCCO3)cc1. The average molecular weight is 351 g/mol. The molecule has 4 rings (SSSR count). The van der Waals surface area contributed by atoms with Crippen molar-refractivity contribution in [2.24, 2.45) is 0 Å². The van der Waals surface area contributed by atoms with Crippen molar-refractivity contribution in [3.63, 3.8) is 0 Å². The Morgan fingerprint density at radius 1 is 1.04 bits per heavy atom. The molecule has 26 heavy (non-hydrogen) atoms. The van der Waals surface area contributed by atoms with E-state index in [1.807, 2.05) is 29.2 Å². The molecular weight excluding hydrogens is 326 g/mol. The fraction of sp³-hybridized carbons (Fsp3) is 0.409. The van der Waals surface area contributed by atoms with Crippen LogP contribution in [-0.4, -0.2) is 30.6 Å². The van der Waals surface area contributed by atoms with Crippen molar-refractivity contribution in [2.75, 3.05) is 19.8 Å². The van der Waals surface area contributed by atoms with Crippen LogP contribution in [0.2, 0.25) is 0 Å². The molecule has 2 aromatic carbocycles. The Balaban J connectivity index is 1.57. The molecule has 0 N–H and O–H groups in total. The third-order valence-electron chi connectivity index (χ3n) is 5.29. The maximum Gasteiger partial charge on any atom is 0.254 e. The van der Waals surface area contributed by atoms with Gasteiger partial charge in [0.15, 0.2) is 11.5 Å². The van der Waals surface area contributed by atoms with Gasteiger partial charge in [0.1, 0.15) is 13.2 Å². The molecule has 1 atom stereocenters. The first-order valence-corrected chi connectivity index (χ1v) is 9.44. The second-order valence-electron chi connectivity index (χ2n) is 7.34. The van der Waals surface area contributed by atoms with Crippen LogP contribution >= 0.6 is 0 Å². The molecular formula is C22H25NO3. The van der Waals surface area contributed by atoms with E-state index in [1.54, 1.807) is 0 Å². The summed E-state index contributed by atoms with van der Waals surface area (Å²) in [5.74, 6) is 2.16. The van der Waals surface area contributed by atoms with Crippen LogP contribution in [0.15, 0.2) is 42.5 Å². The van der Waals surface area contributed by atoms with Crippen molar-refractivity contribution in [2.45, 2.75) is 38.6 Å². The topological polar surface area (TPSA) is 38.8 Å². The predicted molar refractivity (Wildman–Crippen MR) is 101 cm³/mol. The average Bonchev–Trinajstić information content (AvgIpc) is 3.17. The Bertz CT molecular complexity index is 798. The van der Waals surface area contributed by atoms with Gasteiger partial charge in [0, 0.05) is 12.1 Å². The first-order chi connectivity index (χ1) is 12.6. The van der Waals surface area contributed by atoms with Gasteiger partial charge in [-0.25, -0.2) is 0 Å². The van der Waals surface area contributed by atoms with E-state index in [4.69, 9.17) is 9.47 Å². The molecule has 1 fully saturated rings. The number of carbonyl (C=O) groups is 1. The standard InChI is InChI=1S/C22H25NO3/c1-15(2)16-5-7-17(8-6-16)22(24)23-11-3-4-19(23)18-9-10-20-21(14-18)26-13-12-25-20/h5-10,14-15,19H,3-4,11-13H2,1-2H3. The Morgan fingerprint density at radius 2 is 1.77 bits per heavy atom. The second kappa shape index (κ2) is 7.02. The molecule has 0 aliphatic carbocycles. The Kier molecular flexibility index (Phi) is 4.58. The fourth-order valence-electron chi connectivity index (χ4n) is 3.80. The Morgan fingerprint density at radius 3 is 2.50 bits per heavy atom. The van der Waals surface area contributed by atoms with Gasteiger partial charge >= 0.3 is 0 Å². The Labute approximate surface area is 154 Å². The van der Waals surface area contributed by atoms with Crippen LogP contribution in [0.5, 0.6) is 11.5 Å². The minimum atomic E-state index is 0.100. The van der Waals surface area contributed by atoms with Crippen molar-refractivity contribution in [3.8, 4) is 11.5 Å². The van der Waals surface area contributed by atoms with Crippen molar-refractivity contribution in [3.05, 3.63) is 59.2 Å². The summed E-state index contributed by atoms with van der Waals surface area (Å²) in [5, 5.41) is 0. The maximum absolute atomic E-state index is 13.1. The summed E-state index contributed by atoms with van der Waals surface area (Å²) < 4.78 is 11.3. The van der Waals surface area contributed by atoms with Gasteiger partial charge in [-0.3, -0.25) is 4.79 Å². The number of hydrogen-bond donors (Lipinski definition) is 0. The minimum Gasteiger partial charge on any atom is -0.486 e. The predicted octanol–water partition coefficient (Wildman–Crippen LogP) is 4.56. The highest BCUT2D eigenvalue weighted by atomic mass is 16.6. The molecule has 0 aromatic heterocycles. The number of likely N-dealkylation sites (tertiary alicyclic amines) is 1. The Hall–Kier alpha value is -2.49. The molecule has 1 amide bonds. The van der Waals surface area contributed by atoms with Gasteiger partial charge in [0.25, 0.3) is 5.91 Å². The first kappa shape index (κ1) is 17.0. The number of amides is 1. The van der Waals surface area contributed by atoms with Crippen LogP contribution < -0.4 is 9.47 Å². The van der Waals surface area contributed by atoms with E-state index in [1.165, 1.54) is 5.56 Å². The molecule has 2 aliphatic rings. The number of nitrogens with zero attached hydrogens (tertiary/aromatic N) is 1. The van der Waals surface area contributed by atoms with E-state index >= 15 is 0 Å². The molecule has 2 heterocycles. The normalized spacial score (nSPS) is 19.0. The molecule has 4 nitrogen and oxygen atoms in total. The monoisotopic (exact) mass is 351 g/mol. The molecule has 136 valence electrons. The zero-order valence-electron chi connectivity index (χ0n) is 15.4. The number of benzene rings is 2. The number of fused-ring (bicyclic) bond motifs is 1. The van der Waals surface area contributed by atoms with Crippen LogP contribution in [0.3, 0.4) is 0 Å². The molecule has 2 aromatic rings. The van der Waals surface area contributed by atoms with Crippen LogP contribution in [0.4, 0.5) is 0 Å². The fourth-order valence-corrected chi connectivity index (χ4v) is 3.80. The number of carbonyl (C=O) groups excluding carboxylic acids is 1. The third kappa shape index (κ3) is 3.16. The lowest BCUT2D eigenvalue weighted by Gasteiger charge is -2.27. The smallest absolute Gasteiger partial charge is 0.254 e. The summed E-state index contributed by atoms with van der Waals surface area (Å²) in [6.45, 7) is 6.28. The van der Waals surface area contributed by atoms with Crippen molar-refractivity contribution in [1.82, 2.24) is 4.90 Å². The highest BCUT2D eigenvalue weighted by Gasteiger charge is 2.31. The van der Waals surface area contributed by atoms with Crippen LogP contribution in [-0.2, 0) is 0 Å². The lowest BCUT2D eigenvalue weighted by Crippen LogP contribution is -2.30. The summed E-state index contributed by atoms with van der Waals surface area (Å²) in [6, 6.07) is 14.2. The molecule has 1 saturated heterocycles. The summed E-state index contributed by atoms with van der Waals surface area (Å²) in [5.41, 5.74) is 3.14. The van der Waals surface area contributed by atoms with Crippen molar-refractivity contribution in [1.29, 1.82) is 0 Å². The van der Waals surface area contributed by atoms with Gasteiger partial charge in [0.2, 0.25) is 0 Å². The van der Waals surface area contributed by atoms with Crippen molar-refractivity contribution >= 4 is 5.91 Å². The van der Waals surface area contributed by atoms with E-state index in [-0.39, 0.29) is 11.9 Å². The van der Waals surface area contributed by atoms with E-state index in [2.05, 4.69) is 32.0 Å². The van der Waals surface area contributed by atoms with Gasteiger partial charge in [-0.05, 0) is 54.2 Å². The van der Waals surface area contributed by atoms with Crippen LogP contribution in [0.25, 0.3) is 0 Å². The molecule has 1 unspecified atom stereocenters. The van der Waals surface area contributed by atoms with Gasteiger partial charge in [0.05, 0.1) is 6.04 Å². The summed E-state index contributed by atoms with van der Waals surface area (Å²) >= 11 is 0. The lowest BCUT2D eigenvalue weighted by atomic mass is 10.0. The van der Waals surface area contributed by atoms with Crippen molar-refractivity contribution < 1.29 is 14.3 Å². The molecule has 0 spiro atoms. The summed E-state index contributed by atoms with van der Waals surface area (Å²) in [7, 11) is 0. The third-order valence-corrected chi connectivity index (χ3v) is 5.29. The van der Waals surface area contributed by atoms with Gasteiger partial charge < -0.3 is 14.4 Å². The zero-order valence-corrected chi connectivity index (χ0v) is 15.4. The van der Waals surface area contributed by atoms with Gasteiger partial charge in [-0.2, -0.15) is 0 Å². The molecule has 2 aliphatic heterocycles. The lowest BCUT2D eigenvalue weighted by molar-refractivity contribution is 0.0735. The largest absolute Gasteiger partial charge is 0.486 e. The van der Waals surface area contributed by atoms with E-state index in [0.29, 0.717) is 19.1 Å². The van der Waals surface area contributed by atoms with E-state index < -0.39 is 0 Å². The molecule has 0 saturated carbocycles. The highest BCUT2D eigenvalue weighted by molar-refractivity contribution is 5.94. The highest BCUT2D eigenvalue weighted by Crippen LogP contribution is 2.38. The second-order valence-corrected chi connectivity index (χ2v) is 7.34. The summed E-state index contributed by atoms with van der Waals surface area (Å²) in [4.78, 5) is 15.1. The number of rotatable bonds is 3. The summed E-state index contributed by atoms with van der Waals surface area (Å²) in [6.07, 6.45) is 2.00.